The molecule has 0 radical (unpaired) electrons. The van der Waals surface area contributed by atoms with E-state index >= 15 is 0 Å². The zero-order valence-electron chi connectivity index (χ0n) is 11.9. The molecule has 1 aromatic heterocycles. The Hall–Kier alpha value is -1.27. The van der Waals surface area contributed by atoms with Crippen molar-refractivity contribution < 1.29 is 4.79 Å². The summed E-state index contributed by atoms with van der Waals surface area (Å²) in [7, 11) is 0. The summed E-state index contributed by atoms with van der Waals surface area (Å²) >= 11 is 1.72. The number of hydrogen-bond donors (Lipinski definition) is 1. The topological polar surface area (TPSA) is 62.5 Å². The van der Waals surface area contributed by atoms with E-state index in [1.54, 1.807) is 18.0 Å². The highest BCUT2D eigenvalue weighted by molar-refractivity contribution is 7.98. The number of anilines is 1. The van der Waals surface area contributed by atoms with Crippen molar-refractivity contribution in [3.63, 3.8) is 0 Å². The third-order valence-electron chi connectivity index (χ3n) is 3.51. The summed E-state index contributed by atoms with van der Waals surface area (Å²) in [6, 6.07) is 5.54. The lowest BCUT2D eigenvalue weighted by molar-refractivity contribution is -0.132. The fourth-order valence-electron chi connectivity index (χ4n) is 2.30. The molecule has 0 spiro atoms. The molecule has 6 heteroatoms. The lowest BCUT2D eigenvalue weighted by Crippen LogP contribution is -2.53. The standard InChI is InChI=1S/C14H22N4OS/c1-20-11-5-12(15)14(19)18-9-7-17(8-10-18)13-4-2-3-6-16-13/h2-4,6,12H,5,7-11,15H2,1H3/t12-/m1/s1. The Kier molecular flexibility index (Phi) is 5.67. The summed E-state index contributed by atoms with van der Waals surface area (Å²) in [6.45, 7) is 3.08. The molecule has 1 aliphatic heterocycles. The van der Waals surface area contributed by atoms with Gasteiger partial charge in [-0.2, -0.15) is 11.8 Å². The van der Waals surface area contributed by atoms with Crippen LogP contribution in [0.4, 0.5) is 5.82 Å². The zero-order chi connectivity index (χ0) is 14.4. The maximum atomic E-state index is 12.2. The minimum atomic E-state index is -0.358. The van der Waals surface area contributed by atoms with Gasteiger partial charge in [0, 0.05) is 32.4 Å². The largest absolute Gasteiger partial charge is 0.353 e. The zero-order valence-corrected chi connectivity index (χ0v) is 12.7. The first-order chi connectivity index (χ1) is 9.72. The number of thioether (sulfide) groups is 1. The second kappa shape index (κ2) is 7.50. The van der Waals surface area contributed by atoms with E-state index in [0.717, 1.165) is 44.2 Å². The van der Waals surface area contributed by atoms with Crippen molar-refractivity contribution in [2.75, 3.05) is 43.1 Å². The van der Waals surface area contributed by atoms with Gasteiger partial charge in [0.2, 0.25) is 5.91 Å². The maximum Gasteiger partial charge on any atom is 0.239 e. The van der Waals surface area contributed by atoms with Crippen molar-refractivity contribution in [2.24, 2.45) is 5.73 Å². The van der Waals surface area contributed by atoms with E-state index in [-0.39, 0.29) is 11.9 Å². The van der Waals surface area contributed by atoms with Gasteiger partial charge in [-0.1, -0.05) is 6.07 Å². The highest BCUT2D eigenvalue weighted by Gasteiger charge is 2.25. The minimum absolute atomic E-state index is 0.0831. The molecule has 0 aliphatic carbocycles. The van der Waals surface area contributed by atoms with E-state index in [1.807, 2.05) is 29.4 Å². The minimum Gasteiger partial charge on any atom is -0.353 e. The first-order valence-corrected chi connectivity index (χ1v) is 8.31. The van der Waals surface area contributed by atoms with Crippen LogP contribution in [-0.4, -0.2) is 60.0 Å². The molecule has 1 amide bonds. The Bertz CT molecular complexity index is 420. The molecule has 0 saturated carbocycles. The lowest BCUT2D eigenvalue weighted by Gasteiger charge is -2.36. The molecule has 1 fully saturated rings. The molecule has 110 valence electrons. The number of carbonyl (C=O) groups is 1. The molecule has 0 bridgehead atoms. The van der Waals surface area contributed by atoms with Crippen LogP contribution in [0.15, 0.2) is 24.4 Å². The van der Waals surface area contributed by atoms with E-state index < -0.39 is 0 Å². The van der Waals surface area contributed by atoms with Crippen LogP contribution in [0.5, 0.6) is 0 Å². The Balaban J connectivity index is 1.83. The van der Waals surface area contributed by atoms with Crippen LogP contribution >= 0.6 is 11.8 Å². The predicted octanol–water partition coefficient (Wildman–Crippen LogP) is 0.811. The molecule has 0 aromatic carbocycles. The van der Waals surface area contributed by atoms with Gasteiger partial charge in [-0.25, -0.2) is 4.98 Å². The monoisotopic (exact) mass is 294 g/mol. The number of aromatic nitrogens is 1. The van der Waals surface area contributed by atoms with Crippen LogP contribution in [0.2, 0.25) is 0 Å². The molecule has 2 heterocycles. The highest BCUT2D eigenvalue weighted by atomic mass is 32.2. The second-order valence-corrected chi connectivity index (χ2v) is 5.87. The lowest BCUT2D eigenvalue weighted by atomic mass is 10.2. The van der Waals surface area contributed by atoms with Crippen LogP contribution in [0.3, 0.4) is 0 Å². The molecule has 20 heavy (non-hydrogen) atoms. The van der Waals surface area contributed by atoms with Crippen molar-refractivity contribution in [1.82, 2.24) is 9.88 Å². The van der Waals surface area contributed by atoms with Gasteiger partial charge < -0.3 is 15.5 Å². The van der Waals surface area contributed by atoms with Gasteiger partial charge in [-0.05, 0) is 30.6 Å². The summed E-state index contributed by atoms with van der Waals surface area (Å²) in [4.78, 5) is 20.6. The van der Waals surface area contributed by atoms with E-state index in [4.69, 9.17) is 5.73 Å². The number of hydrogen-bond acceptors (Lipinski definition) is 5. The van der Waals surface area contributed by atoms with Crippen LogP contribution < -0.4 is 10.6 Å². The van der Waals surface area contributed by atoms with Crippen LogP contribution in [0.1, 0.15) is 6.42 Å². The molecule has 1 atom stereocenters. The first-order valence-electron chi connectivity index (χ1n) is 6.91. The van der Waals surface area contributed by atoms with Crippen molar-refractivity contribution >= 4 is 23.5 Å². The van der Waals surface area contributed by atoms with E-state index in [1.165, 1.54) is 0 Å². The second-order valence-electron chi connectivity index (χ2n) is 4.89. The fourth-order valence-corrected chi connectivity index (χ4v) is 2.79. The normalized spacial score (nSPS) is 17.1. The van der Waals surface area contributed by atoms with Gasteiger partial charge in [0.25, 0.3) is 0 Å². The summed E-state index contributed by atoms with van der Waals surface area (Å²) in [5.41, 5.74) is 5.95. The highest BCUT2D eigenvalue weighted by Crippen LogP contribution is 2.13. The van der Waals surface area contributed by atoms with E-state index in [2.05, 4.69) is 9.88 Å². The molecule has 2 N–H and O–H groups in total. The SMILES string of the molecule is CSCC[C@@H](N)C(=O)N1CCN(c2ccccn2)CC1. The molecular weight excluding hydrogens is 272 g/mol. The van der Waals surface area contributed by atoms with Gasteiger partial charge in [-0.15, -0.1) is 0 Å². The smallest absolute Gasteiger partial charge is 0.239 e. The number of amides is 1. The number of pyridine rings is 1. The third-order valence-corrected chi connectivity index (χ3v) is 4.16. The van der Waals surface area contributed by atoms with Crippen molar-refractivity contribution in [1.29, 1.82) is 0 Å². The molecule has 1 saturated heterocycles. The van der Waals surface area contributed by atoms with Gasteiger partial charge in [0.1, 0.15) is 5.82 Å². The Labute approximate surface area is 124 Å². The number of rotatable bonds is 5. The molecular formula is C14H22N4OS. The van der Waals surface area contributed by atoms with E-state index in [0.29, 0.717) is 0 Å². The van der Waals surface area contributed by atoms with Gasteiger partial charge in [0.15, 0.2) is 0 Å². The Morgan fingerprint density at radius 3 is 2.75 bits per heavy atom. The molecule has 2 rings (SSSR count). The van der Waals surface area contributed by atoms with Crippen LogP contribution in [0, 0.1) is 0 Å². The molecule has 1 aromatic rings. The van der Waals surface area contributed by atoms with Crippen molar-refractivity contribution in [2.45, 2.75) is 12.5 Å². The average Bonchev–Trinajstić information content (AvgIpc) is 2.53. The number of nitrogens with zero attached hydrogens (tertiary/aromatic N) is 3. The van der Waals surface area contributed by atoms with Gasteiger partial charge in [-0.3, -0.25) is 4.79 Å². The predicted molar refractivity (Wildman–Crippen MR) is 84.0 cm³/mol. The molecule has 1 aliphatic rings. The maximum absolute atomic E-state index is 12.2. The Morgan fingerprint density at radius 1 is 1.40 bits per heavy atom. The summed E-state index contributed by atoms with van der Waals surface area (Å²) in [6.07, 6.45) is 4.58. The molecule has 5 nitrogen and oxygen atoms in total. The van der Waals surface area contributed by atoms with Crippen molar-refractivity contribution in [3.05, 3.63) is 24.4 Å². The molecule has 0 unspecified atom stereocenters. The number of piperazine rings is 1. The third kappa shape index (κ3) is 3.86. The Morgan fingerprint density at radius 2 is 2.15 bits per heavy atom. The summed E-state index contributed by atoms with van der Waals surface area (Å²) in [5.74, 6) is 1.99. The van der Waals surface area contributed by atoms with Gasteiger partial charge in [0.05, 0.1) is 6.04 Å². The fraction of sp³-hybridized carbons (Fsp3) is 0.571. The first kappa shape index (κ1) is 15.1. The van der Waals surface area contributed by atoms with Crippen LogP contribution in [0.25, 0.3) is 0 Å². The van der Waals surface area contributed by atoms with E-state index in [9.17, 15) is 4.79 Å². The van der Waals surface area contributed by atoms with Crippen molar-refractivity contribution in [3.8, 4) is 0 Å². The summed E-state index contributed by atoms with van der Waals surface area (Å²) < 4.78 is 0. The number of nitrogens with two attached hydrogens (primary N) is 1. The van der Waals surface area contributed by atoms with Crippen LogP contribution in [-0.2, 0) is 4.79 Å². The average molecular weight is 294 g/mol. The number of carbonyl (C=O) groups excluding carboxylic acids is 1. The quantitative estimate of drug-likeness (QED) is 0.871. The van der Waals surface area contributed by atoms with Gasteiger partial charge >= 0.3 is 0 Å². The summed E-state index contributed by atoms with van der Waals surface area (Å²) in [5, 5.41) is 0.